The molecule has 0 aliphatic rings. The highest BCUT2D eigenvalue weighted by Gasteiger charge is 2.29. The Morgan fingerprint density at radius 3 is 2.13 bits per heavy atom. The predicted octanol–water partition coefficient (Wildman–Crippen LogP) is 3.43. The van der Waals surface area contributed by atoms with Crippen molar-refractivity contribution in [1.29, 1.82) is 0 Å². The molecule has 0 saturated heterocycles. The minimum Gasteiger partial charge on any atom is -0.497 e. The van der Waals surface area contributed by atoms with Crippen LogP contribution in [0.3, 0.4) is 0 Å². The maximum Gasteiger partial charge on any atom is 0.475 e. The first kappa shape index (κ1) is 29.7. The lowest BCUT2D eigenvalue weighted by atomic mass is 9.75. The number of methoxy groups -OCH3 is 1. The van der Waals surface area contributed by atoms with Crippen molar-refractivity contribution in [3.8, 4) is 16.9 Å². The zero-order valence-electron chi connectivity index (χ0n) is 22.9. The zero-order chi connectivity index (χ0) is 28.4. The van der Waals surface area contributed by atoms with Crippen LogP contribution in [0.4, 0.5) is 5.69 Å². The Labute approximate surface area is 230 Å². The molecule has 0 saturated carbocycles. The molecule has 3 aromatic carbocycles. The lowest BCUT2D eigenvalue weighted by Crippen LogP contribution is -2.55. The number of rotatable bonds is 13. The first-order valence-electron chi connectivity index (χ1n) is 13.2. The Morgan fingerprint density at radius 2 is 1.51 bits per heavy atom. The Balaban J connectivity index is 1.77. The molecule has 9 heteroatoms. The van der Waals surface area contributed by atoms with Crippen molar-refractivity contribution in [1.82, 2.24) is 10.6 Å². The van der Waals surface area contributed by atoms with Gasteiger partial charge in [-0.05, 0) is 60.2 Å². The second kappa shape index (κ2) is 14.4. The summed E-state index contributed by atoms with van der Waals surface area (Å²) in [6.07, 6.45) is 0.758. The molecule has 0 radical (unpaired) electrons. The van der Waals surface area contributed by atoms with E-state index in [1.165, 1.54) is 0 Å². The summed E-state index contributed by atoms with van der Waals surface area (Å²) in [5.74, 6) is -0.812. The van der Waals surface area contributed by atoms with Gasteiger partial charge in [-0.15, -0.1) is 0 Å². The molecule has 39 heavy (non-hydrogen) atoms. The lowest BCUT2D eigenvalue weighted by Gasteiger charge is -2.25. The molecule has 0 bridgehead atoms. The van der Waals surface area contributed by atoms with E-state index in [2.05, 4.69) is 16.0 Å². The molecule has 0 fully saturated rings. The van der Waals surface area contributed by atoms with E-state index in [-0.39, 0.29) is 11.8 Å². The summed E-state index contributed by atoms with van der Waals surface area (Å²) in [7, 11) is -0.0962. The lowest BCUT2D eigenvalue weighted by molar-refractivity contribution is -0.129. The van der Waals surface area contributed by atoms with Crippen LogP contribution >= 0.6 is 0 Å². The molecule has 0 aliphatic carbocycles. The van der Waals surface area contributed by atoms with E-state index in [4.69, 9.17) is 4.74 Å². The van der Waals surface area contributed by atoms with Gasteiger partial charge in [-0.25, -0.2) is 0 Å². The molecule has 0 spiro atoms. The van der Waals surface area contributed by atoms with Crippen molar-refractivity contribution < 1.29 is 24.4 Å². The Hall–Kier alpha value is -3.82. The number of benzene rings is 3. The molecule has 206 valence electrons. The van der Waals surface area contributed by atoms with Crippen molar-refractivity contribution in [2.45, 2.75) is 51.6 Å². The van der Waals surface area contributed by atoms with E-state index in [1.54, 1.807) is 14.0 Å². The number of hydrogen-bond acceptors (Lipinski definition) is 6. The number of amides is 2. The standard InChI is InChI=1S/C30H38BN3O5/c1-20(2)17-28(31(37)38)34-29(35)21(3)32-30(36)27(18-22-13-15-26(39-4)16-14-22)33-25-12-8-11-24(19-25)23-9-6-5-7-10-23/h5-16,19-21,27-28,33,37-38H,17-18H2,1-4H3,(H,32,36)(H,34,35)/t21-,27-,28-/m0/s1. The third kappa shape index (κ3) is 9.16. The van der Waals surface area contributed by atoms with Gasteiger partial charge in [0.05, 0.1) is 13.1 Å². The highest BCUT2D eigenvalue weighted by molar-refractivity contribution is 6.43. The first-order chi connectivity index (χ1) is 18.7. The molecule has 5 N–H and O–H groups in total. The highest BCUT2D eigenvalue weighted by atomic mass is 16.5. The van der Waals surface area contributed by atoms with Crippen molar-refractivity contribution >= 4 is 24.6 Å². The number of ether oxygens (including phenoxy) is 1. The van der Waals surface area contributed by atoms with E-state index in [0.29, 0.717) is 12.8 Å². The van der Waals surface area contributed by atoms with Crippen LogP contribution in [0, 0.1) is 5.92 Å². The monoisotopic (exact) mass is 531 g/mol. The summed E-state index contributed by atoms with van der Waals surface area (Å²) < 4.78 is 5.25. The van der Waals surface area contributed by atoms with Crippen molar-refractivity contribution in [2.24, 2.45) is 5.92 Å². The van der Waals surface area contributed by atoms with Crippen LogP contribution in [-0.4, -0.2) is 54.1 Å². The molecule has 0 heterocycles. The van der Waals surface area contributed by atoms with Gasteiger partial charge in [-0.3, -0.25) is 9.59 Å². The molecule has 3 atom stereocenters. The first-order valence-corrected chi connectivity index (χ1v) is 13.2. The summed E-state index contributed by atoms with van der Waals surface area (Å²) in [6, 6.07) is 23.7. The number of carbonyl (C=O) groups excluding carboxylic acids is 2. The number of carbonyl (C=O) groups is 2. The molecule has 8 nitrogen and oxygen atoms in total. The third-order valence-corrected chi connectivity index (χ3v) is 6.39. The fourth-order valence-corrected chi connectivity index (χ4v) is 4.28. The van der Waals surface area contributed by atoms with E-state index < -0.39 is 31.1 Å². The van der Waals surface area contributed by atoms with Crippen LogP contribution in [0.25, 0.3) is 11.1 Å². The molecule has 0 aromatic heterocycles. The second-order valence-corrected chi connectivity index (χ2v) is 10.1. The second-order valence-electron chi connectivity index (χ2n) is 10.1. The van der Waals surface area contributed by atoms with Gasteiger partial charge in [-0.1, -0.05) is 68.4 Å². The summed E-state index contributed by atoms with van der Waals surface area (Å²) in [6.45, 7) is 5.42. The fraction of sp³-hybridized carbons (Fsp3) is 0.333. The van der Waals surface area contributed by atoms with Crippen molar-refractivity contribution in [3.05, 3.63) is 84.4 Å². The topological polar surface area (TPSA) is 120 Å². The summed E-state index contributed by atoms with van der Waals surface area (Å²) in [5, 5.41) is 28.1. The molecular weight excluding hydrogens is 493 g/mol. The highest BCUT2D eigenvalue weighted by Crippen LogP contribution is 2.23. The van der Waals surface area contributed by atoms with E-state index >= 15 is 0 Å². The SMILES string of the molecule is COc1ccc(C[C@H](Nc2cccc(-c3ccccc3)c2)C(=O)N[C@@H](C)C(=O)N[C@@H](CC(C)C)B(O)O)cc1. The van der Waals surface area contributed by atoms with Gasteiger partial charge in [0.25, 0.3) is 0 Å². The molecule has 3 aromatic rings. The summed E-state index contributed by atoms with van der Waals surface area (Å²) in [4.78, 5) is 26.3. The smallest absolute Gasteiger partial charge is 0.475 e. The maximum atomic E-state index is 13.5. The van der Waals surface area contributed by atoms with Crippen molar-refractivity contribution in [3.63, 3.8) is 0 Å². The van der Waals surface area contributed by atoms with E-state index in [9.17, 15) is 19.6 Å². The van der Waals surface area contributed by atoms with Gasteiger partial charge < -0.3 is 30.7 Å². The average molecular weight is 531 g/mol. The Morgan fingerprint density at radius 1 is 0.846 bits per heavy atom. The molecular formula is C30H38BN3O5. The number of nitrogens with one attached hydrogen (secondary N) is 3. The zero-order valence-corrected chi connectivity index (χ0v) is 22.9. The maximum absolute atomic E-state index is 13.5. The third-order valence-electron chi connectivity index (χ3n) is 6.39. The van der Waals surface area contributed by atoms with Gasteiger partial charge in [-0.2, -0.15) is 0 Å². The van der Waals surface area contributed by atoms with Gasteiger partial charge in [0.2, 0.25) is 11.8 Å². The average Bonchev–Trinajstić information content (AvgIpc) is 2.93. The quantitative estimate of drug-likeness (QED) is 0.216. The van der Waals surface area contributed by atoms with E-state index in [0.717, 1.165) is 28.1 Å². The predicted molar refractivity (Wildman–Crippen MR) is 155 cm³/mol. The van der Waals surface area contributed by atoms with E-state index in [1.807, 2.05) is 92.7 Å². The van der Waals surface area contributed by atoms with Crippen LogP contribution in [0.2, 0.25) is 0 Å². The normalized spacial score (nSPS) is 13.2. The molecule has 0 unspecified atom stereocenters. The largest absolute Gasteiger partial charge is 0.497 e. The van der Waals surface area contributed by atoms with Gasteiger partial charge in [0.1, 0.15) is 17.8 Å². The molecule has 2 amide bonds. The van der Waals surface area contributed by atoms with Gasteiger partial charge >= 0.3 is 7.12 Å². The van der Waals surface area contributed by atoms with Crippen LogP contribution < -0.4 is 20.7 Å². The van der Waals surface area contributed by atoms with Crippen LogP contribution in [0.15, 0.2) is 78.9 Å². The Bertz CT molecular complexity index is 1200. The van der Waals surface area contributed by atoms with Gasteiger partial charge in [0, 0.05) is 12.1 Å². The molecule has 0 aliphatic heterocycles. The Kier molecular flexibility index (Phi) is 11.0. The van der Waals surface area contributed by atoms with Crippen LogP contribution in [-0.2, 0) is 16.0 Å². The summed E-state index contributed by atoms with van der Waals surface area (Å²) in [5.41, 5.74) is 3.75. The number of anilines is 1. The number of hydrogen-bond donors (Lipinski definition) is 5. The minimum absolute atomic E-state index is 0.145. The van der Waals surface area contributed by atoms with Crippen LogP contribution in [0.1, 0.15) is 32.8 Å². The fourth-order valence-electron chi connectivity index (χ4n) is 4.28. The minimum atomic E-state index is -1.69. The van der Waals surface area contributed by atoms with Crippen LogP contribution in [0.5, 0.6) is 5.75 Å². The van der Waals surface area contributed by atoms with Gasteiger partial charge in [0.15, 0.2) is 0 Å². The molecule has 3 rings (SSSR count). The van der Waals surface area contributed by atoms with Crippen molar-refractivity contribution in [2.75, 3.05) is 12.4 Å². The summed E-state index contributed by atoms with van der Waals surface area (Å²) >= 11 is 0.